The topological polar surface area (TPSA) is 50.5 Å². The van der Waals surface area contributed by atoms with Crippen molar-refractivity contribution in [1.82, 2.24) is 0 Å². The number of thioether (sulfide) groups is 1. The molecule has 1 aromatic heterocycles. The van der Waals surface area contributed by atoms with Crippen molar-refractivity contribution in [3.8, 4) is 0 Å². The lowest BCUT2D eigenvalue weighted by Crippen LogP contribution is -2.27. The van der Waals surface area contributed by atoms with E-state index < -0.39 is 0 Å². The number of carbonyl (C=O) groups is 2. The van der Waals surface area contributed by atoms with Crippen molar-refractivity contribution in [2.75, 3.05) is 4.90 Å². The molecule has 2 aromatic rings. The van der Waals surface area contributed by atoms with Gasteiger partial charge in [-0.05, 0) is 74.0 Å². The predicted octanol–water partition coefficient (Wildman–Crippen LogP) is 5.70. The van der Waals surface area contributed by atoms with Gasteiger partial charge in [0.15, 0.2) is 4.67 Å². The van der Waals surface area contributed by atoms with Gasteiger partial charge >= 0.3 is 0 Å². The summed E-state index contributed by atoms with van der Waals surface area (Å²) >= 11 is 13.2. The molecule has 8 heteroatoms. The molecule has 0 bridgehead atoms. The highest BCUT2D eigenvalue weighted by Crippen LogP contribution is 2.37. The lowest BCUT2D eigenvalue weighted by molar-refractivity contribution is -0.113. The molecule has 1 fully saturated rings. The van der Waals surface area contributed by atoms with Crippen LogP contribution in [0.25, 0.3) is 6.08 Å². The Morgan fingerprint density at radius 3 is 2.45 bits per heavy atom. The summed E-state index contributed by atoms with van der Waals surface area (Å²) in [6.07, 6.45) is 1.54. The maximum absolute atomic E-state index is 12.4. The van der Waals surface area contributed by atoms with Crippen molar-refractivity contribution >= 4 is 78.1 Å². The van der Waals surface area contributed by atoms with Crippen LogP contribution in [-0.4, -0.2) is 11.1 Å². The zero-order valence-electron chi connectivity index (χ0n) is 10.7. The van der Waals surface area contributed by atoms with Crippen LogP contribution >= 0.6 is 55.2 Å². The van der Waals surface area contributed by atoms with Crippen molar-refractivity contribution in [2.24, 2.45) is 0 Å². The highest BCUT2D eigenvalue weighted by molar-refractivity contribution is 9.13. The molecule has 0 N–H and O–H groups in total. The Bertz CT molecular complexity index is 781. The van der Waals surface area contributed by atoms with Crippen LogP contribution in [-0.2, 0) is 4.79 Å². The third kappa shape index (κ3) is 3.03. The molecule has 1 aliphatic heterocycles. The molecule has 1 saturated heterocycles. The number of carbonyl (C=O) groups excluding carboxylic acids is 2. The number of amides is 2. The predicted molar refractivity (Wildman–Crippen MR) is 94.0 cm³/mol. The number of benzene rings is 1. The molecule has 4 nitrogen and oxygen atoms in total. The Kier molecular flexibility index (Phi) is 4.49. The molecule has 0 aliphatic carbocycles. The highest BCUT2D eigenvalue weighted by atomic mass is 79.9. The molecule has 22 heavy (non-hydrogen) atoms. The van der Waals surface area contributed by atoms with Crippen LogP contribution in [0, 0.1) is 0 Å². The summed E-state index contributed by atoms with van der Waals surface area (Å²) in [6.45, 7) is 0. The van der Waals surface area contributed by atoms with E-state index in [1.807, 2.05) is 0 Å². The van der Waals surface area contributed by atoms with E-state index in [2.05, 4.69) is 31.9 Å². The van der Waals surface area contributed by atoms with Gasteiger partial charge in [-0.2, -0.15) is 0 Å². The Morgan fingerprint density at radius 1 is 1.18 bits per heavy atom. The van der Waals surface area contributed by atoms with Gasteiger partial charge in [0.1, 0.15) is 5.76 Å². The first-order chi connectivity index (χ1) is 10.5. The van der Waals surface area contributed by atoms with E-state index in [0.29, 0.717) is 26.0 Å². The average molecular weight is 464 g/mol. The zero-order valence-corrected chi connectivity index (χ0v) is 15.4. The number of hydrogen-bond acceptors (Lipinski definition) is 4. The second-order valence-corrected chi connectivity index (χ2v) is 7.27. The highest BCUT2D eigenvalue weighted by Gasteiger charge is 2.36. The van der Waals surface area contributed by atoms with E-state index in [-0.39, 0.29) is 11.1 Å². The number of nitrogens with zero attached hydrogens (tertiary/aromatic N) is 1. The minimum absolute atomic E-state index is 0.300. The van der Waals surface area contributed by atoms with Crippen molar-refractivity contribution < 1.29 is 14.0 Å². The first-order valence-electron chi connectivity index (χ1n) is 5.94. The number of anilines is 1. The van der Waals surface area contributed by atoms with Crippen LogP contribution < -0.4 is 4.90 Å². The molecule has 1 aromatic carbocycles. The third-order valence-electron chi connectivity index (χ3n) is 2.82. The normalized spacial score (nSPS) is 16.9. The first-order valence-corrected chi connectivity index (χ1v) is 8.72. The lowest BCUT2D eigenvalue weighted by atomic mass is 10.3. The molecule has 2 heterocycles. The number of hydrogen-bond donors (Lipinski definition) is 0. The summed E-state index contributed by atoms with van der Waals surface area (Å²) in [5.41, 5.74) is 0.483. The monoisotopic (exact) mass is 461 g/mol. The van der Waals surface area contributed by atoms with Crippen molar-refractivity contribution in [2.45, 2.75) is 0 Å². The van der Waals surface area contributed by atoms with Crippen molar-refractivity contribution in [3.63, 3.8) is 0 Å². The summed E-state index contributed by atoms with van der Waals surface area (Å²) < 4.78 is 6.65. The van der Waals surface area contributed by atoms with Gasteiger partial charge in [0.2, 0.25) is 0 Å². The summed E-state index contributed by atoms with van der Waals surface area (Å²) in [6, 6.07) is 8.22. The van der Waals surface area contributed by atoms with Gasteiger partial charge in [0.25, 0.3) is 11.1 Å². The smallest absolute Gasteiger partial charge is 0.298 e. The molecule has 0 saturated carbocycles. The summed E-state index contributed by atoms with van der Waals surface area (Å²) in [7, 11) is 0. The van der Waals surface area contributed by atoms with Gasteiger partial charge in [-0.15, -0.1) is 0 Å². The fraction of sp³-hybridized carbons (Fsp3) is 0. The van der Waals surface area contributed by atoms with Crippen LogP contribution in [0.5, 0.6) is 0 Å². The first kappa shape index (κ1) is 15.9. The van der Waals surface area contributed by atoms with E-state index in [0.717, 1.165) is 21.1 Å². The van der Waals surface area contributed by atoms with E-state index in [1.165, 1.54) is 6.08 Å². The number of imide groups is 1. The number of rotatable bonds is 2. The largest absolute Gasteiger partial charge is 0.449 e. The molecule has 0 spiro atoms. The summed E-state index contributed by atoms with van der Waals surface area (Å²) in [4.78, 5) is 25.9. The van der Waals surface area contributed by atoms with Crippen LogP contribution in [0.4, 0.5) is 10.5 Å². The van der Waals surface area contributed by atoms with Crippen LogP contribution in [0.2, 0.25) is 5.02 Å². The van der Waals surface area contributed by atoms with E-state index in [4.69, 9.17) is 16.0 Å². The Labute approximate surface area is 151 Å². The molecule has 0 atom stereocenters. The van der Waals surface area contributed by atoms with Crippen molar-refractivity contribution in [1.29, 1.82) is 0 Å². The van der Waals surface area contributed by atoms with Crippen molar-refractivity contribution in [3.05, 3.63) is 55.2 Å². The van der Waals surface area contributed by atoms with Crippen LogP contribution in [0.15, 0.2) is 48.8 Å². The number of furan rings is 1. The maximum Gasteiger partial charge on any atom is 0.298 e. The van der Waals surface area contributed by atoms with Crippen LogP contribution in [0.1, 0.15) is 5.76 Å². The van der Waals surface area contributed by atoms with E-state index in [1.54, 1.807) is 30.3 Å². The van der Waals surface area contributed by atoms with Gasteiger partial charge in [-0.25, -0.2) is 4.90 Å². The second kappa shape index (κ2) is 6.23. The molecule has 0 unspecified atom stereocenters. The SMILES string of the molecule is O=C1S/C(=C/c2cc(Br)c(Br)o2)C(=O)N1c1ccc(Cl)cc1. The van der Waals surface area contributed by atoms with Gasteiger partial charge in [0.05, 0.1) is 15.1 Å². The fourth-order valence-electron chi connectivity index (χ4n) is 1.84. The average Bonchev–Trinajstić information content (AvgIpc) is 2.92. The molecule has 1 aliphatic rings. The van der Waals surface area contributed by atoms with Gasteiger partial charge < -0.3 is 4.42 Å². The quantitative estimate of drug-likeness (QED) is 0.536. The van der Waals surface area contributed by atoms with Gasteiger partial charge in [0, 0.05) is 11.1 Å². The Hall–Kier alpha value is -1.02. The van der Waals surface area contributed by atoms with E-state index >= 15 is 0 Å². The van der Waals surface area contributed by atoms with E-state index in [9.17, 15) is 9.59 Å². The number of halogens is 3. The Balaban J connectivity index is 1.92. The Morgan fingerprint density at radius 2 is 1.86 bits per heavy atom. The molecule has 3 rings (SSSR count). The summed E-state index contributed by atoms with van der Waals surface area (Å²) in [5.74, 6) is 0.0846. The molecule has 112 valence electrons. The standard InChI is InChI=1S/C14H6Br2ClNO3S/c15-10-5-9(21-12(10)16)6-11-13(19)18(14(20)22-11)8-3-1-7(17)2-4-8/h1-6H/b11-6+. The third-order valence-corrected chi connectivity index (χ3v) is 5.65. The molecule has 0 radical (unpaired) electrons. The fourth-order valence-corrected chi connectivity index (χ4v) is 3.40. The molecular formula is C14H6Br2ClNO3S. The summed E-state index contributed by atoms with van der Waals surface area (Å²) in [5, 5.41) is 0.180. The van der Waals surface area contributed by atoms with Crippen LogP contribution in [0.3, 0.4) is 0 Å². The maximum atomic E-state index is 12.4. The molecule has 2 amide bonds. The van der Waals surface area contributed by atoms with Gasteiger partial charge in [-0.3, -0.25) is 9.59 Å². The second-order valence-electron chi connectivity index (χ2n) is 4.26. The van der Waals surface area contributed by atoms with Gasteiger partial charge in [-0.1, -0.05) is 11.6 Å². The lowest BCUT2D eigenvalue weighted by Gasteiger charge is -2.11. The molecular weight excluding hydrogens is 457 g/mol. The minimum Gasteiger partial charge on any atom is -0.449 e. The zero-order chi connectivity index (χ0) is 15.9. The minimum atomic E-state index is -0.388.